The molecule has 0 saturated heterocycles. The summed E-state index contributed by atoms with van der Waals surface area (Å²) in [6.07, 6.45) is 0.856. The van der Waals surface area contributed by atoms with Gasteiger partial charge in [0.2, 0.25) is 0 Å². The lowest BCUT2D eigenvalue weighted by Gasteiger charge is -2.38. The van der Waals surface area contributed by atoms with E-state index in [1.807, 2.05) is 13.0 Å². The number of nitrogens with zero attached hydrogens (tertiary/aromatic N) is 2. The molecule has 17 heavy (non-hydrogen) atoms. The summed E-state index contributed by atoms with van der Waals surface area (Å²) in [7, 11) is 0. The molecule has 0 aromatic heterocycles. The molecule has 0 spiro atoms. The van der Waals surface area contributed by atoms with Crippen molar-refractivity contribution in [3.8, 4) is 0 Å². The van der Waals surface area contributed by atoms with Gasteiger partial charge in [-0.3, -0.25) is 4.99 Å². The first kappa shape index (κ1) is 11.9. The number of likely N-dealkylation sites (N-methyl/N-ethyl adjacent to an activating group) is 1. The molecule has 1 aromatic carbocycles. The number of halogens is 1. The van der Waals surface area contributed by atoms with Crippen molar-refractivity contribution >= 4 is 5.96 Å². The van der Waals surface area contributed by atoms with Gasteiger partial charge in [0.25, 0.3) is 0 Å². The normalized spacial score (nSPS) is 23.9. The molecule has 0 bridgehead atoms. The Morgan fingerprint density at radius 2 is 2.24 bits per heavy atom. The first-order valence-corrected chi connectivity index (χ1v) is 5.97. The lowest BCUT2D eigenvalue weighted by molar-refractivity contribution is 0.201. The van der Waals surface area contributed by atoms with E-state index < -0.39 is 0 Å². The standard InChI is InChI=1S/C13H18FN3/c1-3-13(9-16-12(15)17(13)4-2)10-6-5-7-11(14)8-10/h5-8H,3-4,9H2,1-2H3,(H2,15,16). The molecule has 92 valence electrons. The number of guanidine groups is 1. The maximum absolute atomic E-state index is 13.4. The fourth-order valence-electron chi connectivity index (χ4n) is 2.60. The lowest BCUT2D eigenvalue weighted by atomic mass is 9.86. The fourth-order valence-corrected chi connectivity index (χ4v) is 2.60. The van der Waals surface area contributed by atoms with Crippen LogP contribution in [0.1, 0.15) is 25.8 Å². The maximum Gasteiger partial charge on any atom is 0.192 e. The predicted octanol–water partition coefficient (Wildman–Crippen LogP) is 2.08. The van der Waals surface area contributed by atoms with Crippen molar-refractivity contribution in [1.82, 2.24) is 4.90 Å². The lowest BCUT2D eigenvalue weighted by Crippen LogP contribution is -2.48. The number of aliphatic imine (C=N–C) groups is 1. The highest BCUT2D eigenvalue weighted by atomic mass is 19.1. The van der Waals surface area contributed by atoms with E-state index in [1.54, 1.807) is 12.1 Å². The van der Waals surface area contributed by atoms with Crippen molar-refractivity contribution in [2.24, 2.45) is 10.7 Å². The molecule has 1 atom stereocenters. The van der Waals surface area contributed by atoms with Crippen molar-refractivity contribution in [2.45, 2.75) is 25.8 Å². The summed E-state index contributed by atoms with van der Waals surface area (Å²) in [5.74, 6) is 0.343. The Labute approximate surface area is 101 Å². The fraction of sp³-hybridized carbons (Fsp3) is 0.462. The van der Waals surface area contributed by atoms with Gasteiger partial charge in [-0.25, -0.2) is 4.39 Å². The second kappa shape index (κ2) is 4.35. The van der Waals surface area contributed by atoms with E-state index in [9.17, 15) is 4.39 Å². The molecule has 0 radical (unpaired) electrons. The Morgan fingerprint density at radius 1 is 1.47 bits per heavy atom. The monoisotopic (exact) mass is 235 g/mol. The molecule has 1 heterocycles. The highest BCUT2D eigenvalue weighted by Crippen LogP contribution is 2.36. The minimum absolute atomic E-state index is 0.211. The molecule has 1 unspecified atom stereocenters. The van der Waals surface area contributed by atoms with Crippen LogP contribution in [0.25, 0.3) is 0 Å². The zero-order valence-corrected chi connectivity index (χ0v) is 10.3. The summed E-state index contributed by atoms with van der Waals surface area (Å²) >= 11 is 0. The van der Waals surface area contributed by atoms with E-state index in [2.05, 4.69) is 16.8 Å². The van der Waals surface area contributed by atoms with Crippen LogP contribution in [0.3, 0.4) is 0 Å². The van der Waals surface area contributed by atoms with E-state index in [0.717, 1.165) is 18.5 Å². The van der Waals surface area contributed by atoms with Gasteiger partial charge in [-0.1, -0.05) is 19.1 Å². The van der Waals surface area contributed by atoms with E-state index in [-0.39, 0.29) is 11.4 Å². The third kappa shape index (κ3) is 1.77. The Morgan fingerprint density at radius 3 is 2.82 bits per heavy atom. The first-order valence-electron chi connectivity index (χ1n) is 5.97. The molecular formula is C13H18FN3. The average molecular weight is 235 g/mol. The summed E-state index contributed by atoms with van der Waals surface area (Å²) in [4.78, 5) is 6.37. The van der Waals surface area contributed by atoms with Gasteiger partial charge in [0, 0.05) is 6.54 Å². The van der Waals surface area contributed by atoms with Crippen molar-refractivity contribution in [3.63, 3.8) is 0 Å². The van der Waals surface area contributed by atoms with E-state index in [4.69, 9.17) is 5.73 Å². The van der Waals surface area contributed by atoms with Crippen LogP contribution in [0, 0.1) is 5.82 Å². The van der Waals surface area contributed by atoms with Gasteiger partial charge >= 0.3 is 0 Å². The van der Waals surface area contributed by atoms with Gasteiger partial charge in [0.1, 0.15) is 5.82 Å². The molecule has 4 heteroatoms. The Balaban J connectivity index is 2.46. The number of nitrogens with two attached hydrogens (primary N) is 1. The summed E-state index contributed by atoms with van der Waals surface area (Å²) < 4.78 is 13.4. The van der Waals surface area contributed by atoms with Gasteiger partial charge in [-0.2, -0.15) is 0 Å². The van der Waals surface area contributed by atoms with E-state index in [1.165, 1.54) is 6.07 Å². The van der Waals surface area contributed by atoms with Gasteiger partial charge in [-0.15, -0.1) is 0 Å². The summed E-state index contributed by atoms with van der Waals surface area (Å²) in [6.45, 7) is 5.51. The molecule has 0 saturated carbocycles. The van der Waals surface area contributed by atoms with E-state index in [0.29, 0.717) is 12.5 Å². The summed E-state index contributed by atoms with van der Waals surface area (Å²) in [5, 5.41) is 0. The zero-order valence-electron chi connectivity index (χ0n) is 10.3. The van der Waals surface area contributed by atoms with Crippen LogP contribution in [-0.2, 0) is 5.54 Å². The molecule has 0 amide bonds. The highest BCUT2D eigenvalue weighted by Gasteiger charge is 2.41. The third-order valence-corrected chi connectivity index (χ3v) is 3.56. The molecule has 0 aliphatic carbocycles. The molecular weight excluding hydrogens is 217 g/mol. The second-order valence-electron chi connectivity index (χ2n) is 4.31. The Kier molecular flexibility index (Phi) is 3.05. The maximum atomic E-state index is 13.4. The van der Waals surface area contributed by atoms with Crippen LogP contribution in [0.15, 0.2) is 29.3 Å². The van der Waals surface area contributed by atoms with Gasteiger partial charge in [0.05, 0.1) is 12.1 Å². The Bertz CT molecular complexity index is 444. The molecule has 1 aliphatic rings. The summed E-state index contributed by atoms with van der Waals surface area (Å²) in [6, 6.07) is 6.73. The molecule has 2 N–H and O–H groups in total. The molecule has 2 rings (SSSR count). The smallest absolute Gasteiger partial charge is 0.192 e. The van der Waals surface area contributed by atoms with Crippen LogP contribution in [0.4, 0.5) is 4.39 Å². The molecule has 1 aromatic rings. The number of benzene rings is 1. The van der Waals surface area contributed by atoms with Gasteiger partial charge in [0.15, 0.2) is 5.96 Å². The molecule has 1 aliphatic heterocycles. The van der Waals surface area contributed by atoms with Crippen molar-refractivity contribution in [2.75, 3.05) is 13.1 Å². The topological polar surface area (TPSA) is 41.6 Å². The SMILES string of the molecule is CCN1C(N)=NCC1(CC)c1cccc(F)c1. The largest absolute Gasteiger partial charge is 0.370 e. The zero-order chi connectivity index (χ0) is 12.5. The van der Waals surface area contributed by atoms with Crippen molar-refractivity contribution in [3.05, 3.63) is 35.6 Å². The predicted molar refractivity (Wildman–Crippen MR) is 67.2 cm³/mol. The second-order valence-corrected chi connectivity index (χ2v) is 4.31. The highest BCUT2D eigenvalue weighted by molar-refractivity contribution is 5.81. The summed E-state index contributed by atoms with van der Waals surface area (Å²) in [5.41, 5.74) is 6.57. The van der Waals surface area contributed by atoms with Crippen LogP contribution in [-0.4, -0.2) is 23.9 Å². The minimum Gasteiger partial charge on any atom is -0.370 e. The van der Waals surface area contributed by atoms with Gasteiger partial charge < -0.3 is 10.6 Å². The van der Waals surface area contributed by atoms with Crippen LogP contribution >= 0.6 is 0 Å². The van der Waals surface area contributed by atoms with Crippen molar-refractivity contribution in [1.29, 1.82) is 0 Å². The number of rotatable bonds is 3. The average Bonchev–Trinajstić information content (AvgIpc) is 2.66. The quantitative estimate of drug-likeness (QED) is 0.871. The molecule has 3 nitrogen and oxygen atoms in total. The van der Waals surface area contributed by atoms with Crippen LogP contribution in [0.5, 0.6) is 0 Å². The number of hydrogen-bond acceptors (Lipinski definition) is 3. The minimum atomic E-state index is -0.277. The third-order valence-electron chi connectivity index (χ3n) is 3.56. The first-order chi connectivity index (χ1) is 8.14. The van der Waals surface area contributed by atoms with Crippen LogP contribution < -0.4 is 5.73 Å². The Hall–Kier alpha value is -1.58. The van der Waals surface area contributed by atoms with E-state index >= 15 is 0 Å². The van der Waals surface area contributed by atoms with Gasteiger partial charge in [-0.05, 0) is 31.0 Å². The van der Waals surface area contributed by atoms with Crippen LogP contribution in [0.2, 0.25) is 0 Å². The molecule has 0 fully saturated rings. The van der Waals surface area contributed by atoms with Crippen molar-refractivity contribution < 1.29 is 4.39 Å². The number of hydrogen-bond donors (Lipinski definition) is 1.